The van der Waals surface area contributed by atoms with Crippen LogP contribution < -0.4 is 4.90 Å². The van der Waals surface area contributed by atoms with Gasteiger partial charge in [0.15, 0.2) is 0 Å². The maximum absolute atomic E-state index is 6.12. The van der Waals surface area contributed by atoms with Gasteiger partial charge < -0.3 is 9.32 Å². The first-order valence-corrected chi connectivity index (χ1v) is 13.5. The molecular formula is C37H24N2O. The lowest BCUT2D eigenvalue weighted by molar-refractivity contribution is 0.669. The molecule has 0 aliphatic carbocycles. The zero-order valence-corrected chi connectivity index (χ0v) is 21.7. The Labute approximate surface area is 231 Å². The summed E-state index contributed by atoms with van der Waals surface area (Å²) in [6, 6.07) is 49.2. The molecule has 0 spiro atoms. The van der Waals surface area contributed by atoms with Gasteiger partial charge in [-0.05, 0) is 94.7 Å². The van der Waals surface area contributed by atoms with Gasteiger partial charge in [0.2, 0.25) is 0 Å². The summed E-state index contributed by atoms with van der Waals surface area (Å²) in [5.74, 6) is 0. The number of pyridine rings is 1. The number of aromatic nitrogens is 1. The van der Waals surface area contributed by atoms with Gasteiger partial charge in [0.1, 0.15) is 11.2 Å². The molecule has 0 saturated heterocycles. The van der Waals surface area contributed by atoms with E-state index in [9.17, 15) is 0 Å². The van der Waals surface area contributed by atoms with Crippen LogP contribution >= 0.6 is 0 Å². The molecule has 188 valence electrons. The molecule has 0 fully saturated rings. The number of fused-ring (bicyclic) bond motifs is 5. The lowest BCUT2D eigenvalue weighted by Gasteiger charge is -2.26. The van der Waals surface area contributed by atoms with Gasteiger partial charge in [-0.1, -0.05) is 66.7 Å². The summed E-state index contributed by atoms with van der Waals surface area (Å²) in [5.41, 5.74) is 8.48. The van der Waals surface area contributed by atoms with Crippen molar-refractivity contribution in [3.63, 3.8) is 0 Å². The fourth-order valence-corrected chi connectivity index (χ4v) is 5.69. The number of rotatable bonds is 4. The van der Waals surface area contributed by atoms with Crippen molar-refractivity contribution in [3.8, 4) is 11.1 Å². The van der Waals surface area contributed by atoms with Crippen LogP contribution in [0.3, 0.4) is 0 Å². The minimum Gasteiger partial charge on any atom is -0.456 e. The second kappa shape index (κ2) is 9.11. The molecule has 0 aliphatic rings. The highest BCUT2D eigenvalue weighted by molar-refractivity contribution is 6.06. The number of benzene rings is 6. The van der Waals surface area contributed by atoms with Gasteiger partial charge in [0.25, 0.3) is 0 Å². The zero-order chi connectivity index (χ0) is 26.5. The number of furan rings is 1. The summed E-state index contributed by atoms with van der Waals surface area (Å²) in [7, 11) is 0. The third-order valence-corrected chi connectivity index (χ3v) is 7.65. The molecule has 0 saturated carbocycles. The standard InChI is InChI=1S/C37H24N2O/c1-2-8-30(9-3-1)39(32-17-19-37-34(24-32)33-10-4-5-11-36(33)40-37)31-16-14-25-12-13-26(22-29(25)23-31)27-15-18-35-28(21-27)7-6-20-38-35/h1-24H. The van der Waals surface area contributed by atoms with Gasteiger partial charge in [-0.25, -0.2) is 0 Å². The van der Waals surface area contributed by atoms with Gasteiger partial charge >= 0.3 is 0 Å². The van der Waals surface area contributed by atoms with Gasteiger partial charge in [-0.2, -0.15) is 0 Å². The van der Waals surface area contributed by atoms with Gasteiger partial charge in [-0.3, -0.25) is 4.98 Å². The summed E-state index contributed by atoms with van der Waals surface area (Å²) < 4.78 is 6.12. The van der Waals surface area contributed by atoms with Crippen molar-refractivity contribution in [1.82, 2.24) is 4.98 Å². The smallest absolute Gasteiger partial charge is 0.135 e. The SMILES string of the molecule is c1ccc(N(c2ccc3ccc(-c4ccc5ncccc5c4)cc3c2)c2ccc3oc4ccccc4c3c2)cc1. The van der Waals surface area contributed by atoms with Gasteiger partial charge in [0.05, 0.1) is 5.52 Å². The maximum Gasteiger partial charge on any atom is 0.135 e. The summed E-state index contributed by atoms with van der Waals surface area (Å²) >= 11 is 0. The molecule has 8 aromatic rings. The Hall–Kier alpha value is -5.41. The molecule has 0 atom stereocenters. The average molecular weight is 513 g/mol. The molecule has 2 heterocycles. The predicted octanol–water partition coefficient (Wildman–Crippen LogP) is 10.4. The Bertz CT molecular complexity index is 2180. The van der Waals surface area contributed by atoms with Crippen molar-refractivity contribution < 1.29 is 4.42 Å². The lowest BCUT2D eigenvalue weighted by Crippen LogP contribution is -2.09. The summed E-state index contributed by atoms with van der Waals surface area (Å²) in [6.07, 6.45) is 1.84. The van der Waals surface area contributed by atoms with E-state index < -0.39 is 0 Å². The molecule has 3 heteroatoms. The van der Waals surface area contributed by atoms with Crippen LogP contribution in [-0.2, 0) is 0 Å². The van der Waals surface area contributed by atoms with Crippen molar-refractivity contribution in [3.05, 3.63) is 146 Å². The first kappa shape index (κ1) is 22.6. The molecule has 0 bridgehead atoms. The van der Waals surface area contributed by atoms with E-state index in [-0.39, 0.29) is 0 Å². The average Bonchev–Trinajstić information content (AvgIpc) is 3.39. The quantitative estimate of drug-likeness (QED) is 0.235. The van der Waals surface area contributed by atoms with Crippen molar-refractivity contribution in [1.29, 1.82) is 0 Å². The fraction of sp³-hybridized carbons (Fsp3) is 0. The van der Waals surface area contributed by atoms with E-state index in [1.807, 2.05) is 24.4 Å². The van der Waals surface area contributed by atoms with Crippen LogP contribution in [0, 0.1) is 0 Å². The molecule has 40 heavy (non-hydrogen) atoms. The topological polar surface area (TPSA) is 29.3 Å². The maximum atomic E-state index is 6.12. The highest BCUT2D eigenvalue weighted by Crippen LogP contribution is 2.40. The molecule has 0 radical (unpaired) electrons. The van der Waals surface area contributed by atoms with E-state index in [1.165, 1.54) is 21.9 Å². The largest absolute Gasteiger partial charge is 0.456 e. The Morgan fingerprint density at radius 2 is 1.18 bits per heavy atom. The van der Waals surface area contributed by atoms with Crippen molar-refractivity contribution >= 4 is 60.7 Å². The van der Waals surface area contributed by atoms with Crippen LogP contribution in [0.5, 0.6) is 0 Å². The number of hydrogen-bond acceptors (Lipinski definition) is 3. The second-order valence-electron chi connectivity index (χ2n) is 10.1. The number of anilines is 3. The van der Waals surface area contributed by atoms with Crippen molar-refractivity contribution in [2.24, 2.45) is 0 Å². The Morgan fingerprint density at radius 3 is 2.10 bits per heavy atom. The van der Waals surface area contributed by atoms with Gasteiger partial charge in [0, 0.05) is 39.4 Å². The first-order chi connectivity index (χ1) is 19.8. The molecule has 0 unspecified atom stereocenters. The molecular weight excluding hydrogens is 488 g/mol. The van der Waals surface area contributed by atoms with E-state index >= 15 is 0 Å². The number of hydrogen-bond donors (Lipinski definition) is 0. The van der Waals surface area contributed by atoms with Crippen molar-refractivity contribution in [2.45, 2.75) is 0 Å². The van der Waals surface area contributed by atoms with Crippen LogP contribution in [0.4, 0.5) is 17.1 Å². The highest BCUT2D eigenvalue weighted by Gasteiger charge is 2.16. The molecule has 3 nitrogen and oxygen atoms in total. The van der Waals surface area contributed by atoms with E-state index in [1.54, 1.807) is 0 Å². The molecule has 2 aromatic heterocycles. The molecule has 6 aromatic carbocycles. The second-order valence-corrected chi connectivity index (χ2v) is 10.1. The van der Waals surface area contributed by atoms with Crippen LogP contribution in [-0.4, -0.2) is 4.98 Å². The molecule has 0 amide bonds. The molecule has 0 aliphatic heterocycles. The molecule has 0 N–H and O–H groups in total. The minimum absolute atomic E-state index is 0.895. The third kappa shape index (κ3) is 3.79. The van der Waals surface area contributed by atoms with E-state index in [0.717, 1.165) is 49.9 Å². The Kier molecular flexibility index (Phi) is 5.14. The predicted molar refractivity (Wildman–Crippen MR) is 167 cm³/mol. The van der Waals surface area contributed by atoms with E-state index in [4.69, 9.17) is 4.42 Å². The normalized spacial score (nSPS) is 11.5. The highest BCUT2D eigenvalue weighted by atomic mass is 16.3. The molecule has 8 rings (SSSR count). The summed E-state index contributed by atoms with van der Waals surface area (Å²) in [5, 5.41) is 5.78. The summed E-state index contributed by atoms with van der Waals surface area (Å²) in [6.45, 7) is 0. The fourth-order valence-electron chi connectivity index (χ4n) is 5.69. The van der Waals surface area contributed by atoms with Gasteiger partial charge in [-0.15, -0.1) is 0 Å². The van der Waals surface area contributed by atoms with E-state index in [2.05, 4.69) is 131 Å². The third-order valence-electron chi connectivity index (χ3n) is 7.65. The summed E-state index contributed by atoms with van der Waals surface area (Å²) in [4.78, 5) is 6.79. The Balaban J connectivity index is 1.28. The zero-order valence-electron chi connectivity index (χ0n) is 21.7. The van der Waals surface area contributed by atoms with Crippen LogP contribution in [0.25, 0.3) is 54.7 Å². The monoisotopic (exact) mass is 512 g/mol. The first-order valence-electron chi connectivity index (χ1n) is 13.5. The van der Waals surface area contributed by atoms with Crippen LogP contribution in [0.1, 0.15) is 0 Å². The number of para-hydroxylation sites is 2. The number of nitrogens with zero attached hydrogens (tertiary/aromatic N) is 2. The van der Waals surface area contributed by atoms with Crippen LogP contribution in [0.2, 0.25) is 0 Å². The van der Waals surface area contributed by atoms with E-state index in [0.29, 0.717) is 0 Å². The Morgan fingerprint density at radius 1 is 0.450 bits per heavy atom. The van der Waals surface area contributed by atoms with Crippen molar-refractivity contribution in [2.75, 3.05) is 4.90 Å². The minimum atomic E-state index is 0.895. The lowest BCUT2D eigenvalue weighted by atomic mass is 9.99. The van der Waals surface area contributed by atoms with Crippen LogP contribution in [0.15, 0.2) is 150 Å².